The van der Waals surface area contributed by atoms with Crippen LogP contribution in [-0.4, -0.2) is 42.0 Å². The first-order valence-electron chi connectivity index (χ1n) is 10.5. The van der Waals surface area contributed by atoms with Crippen LogP contribution in [0.15, 0.2) is 42.5 Å². The highest BCUT2D eigenvalue weighted by molar-refractivity contribution is 5.97. The fourth-order valence-corrected chi connectivity index (χ4v) is 4.62. The van der Waals surface area contributed by atoms with Crippen molar-refractivity contribution in [1.82, 2.24) is 0 Å². The molecule has 0 spiro atoms. The Morgan fingerprint density at radius 3 is 2.72 bits per heavy atom. The summed E-state index contributed by atoms with van der Waals surface area (Å²) in [4.78, 5) is 2.09. The lowest BCUT2D eigenvalue weighted by atomic mass is 9.99. The molecule has 0 saturated carbocycles. The number of fused-ring (bicyclic) bond motifs is 1. The summed E-state index contributed by atoms with van der Waals surface area (Å²) in [7, 11) is 0. The Morgan fingerprint density at radius 1 is 1.07 bits per heavy atom. The van der Waals surface area contributed by atoms with Crippen LogP contribution in [0.3, 0.4) is 0 Å². The third-order valence-corrected chi connectivity index (χ3v) is 5.97. The second-order valence-electron chi connectivity index (χ2n) is 7.80. The molecule has 0 aromatic heterocycles. The van der Waals surface area contributed by atoms with Crippen molar-refractivity contribution in [2.24, 2.45) is 0 Å². The van der Waals surface area contributed by atoms with Crippen molar-refractivity contribution < 1.29 is 23.9 Å². The monoisotopic (exact) mass is 395 g/mol. The lowest BCUT2D eigenvalue weighted by Crippen LogP contribution is -2.47. The molecule has 1 atom stereocenters. The third-order valence-electron chi connectivity index (χ3n) is 5.97. The van der Waals surface area contributed by atoms with Crippen LogP contribution in [0.1, 0.15) is 38.2 Å². The van der Waals surface area contributed by atoms with Gasteiger partial charge in [-0.3, -0.25) is 4.58 Å². The molecule has 1 N–H and O–H groups in total. The van der Waals surface area contributed by atoms with Gasteiger partial charge in [0, 0.05) is 18.1 Å². The van der Waals surface area contributed by atoms with E-state index in [0.29, 0.717) is 13.2 Å². The van der Waals surface area contributed by atoms with E-state index in [9.17, 15) is 5.11 Å². The first kappa shape index (κ1) is 18.3. The van der Waals surface area contributed by atoms with Gasteiger partial charge in [-0.25, -0.2) is 0 Å². The molecule has 6 heteroatoms. The van der Waals surface area contributed by atoms with Crippen LogP contribution in [0.5, 0.6) is 17.2 Å². The minimum absolute atomic E-state index is 0.241. The summed E-state index contributed by atoms with van der Waals surface area (Å²) in [6, 6.07) is 13.7. The zero-order chi connectivity index (χ0) is 19.8. The summed E-state index contributed by atoms with van der Waals surface area (Å²) in [5.74, 6) is 3.47. The molecule has 29 heavy (non-hydrogen) atoms. The highest BCUT2D eigenvalue weighted by atomic mass is 16.7. The first-order chi connectivity index (χ1) is 14.2. The van der Waals surface area contributed by atoms with Gasteiger partial charge in [0.05, 0.1) is 13.2 Å². The van der Waals surface area contributed by atoms with E-state index < -0.39 is 5.72 Å². The average Bonchev–Trinajstić information content (AvgIpc) is 3.23. The normalized spacial score (nSPS) is 23.2. The summed E-state index contributed by atoms with van der Waals surface area (Å²) in [6.45, 7) is 4.35. The van der Waals surface area contributed by atoms with Crippen molar-refractivity contribution in [3.63, 3.8) is 0 Å². The summed E-state index contributed by atoms with van der Waals surface area (Å²) >= 11 is 0. The van der Waals surface area contributed by atoms with Crippen LogP contribution in [0.2, 0.25) is 0 Å². The molecule has 0 bridgehead atoms. The molecule has 0 aliphatic carbocycles. The summed E-state index contributed by atoms with van der Waals surface area (Å²) in [5, 5.41) is 12.0. The molecule has 2 aromatic carbocycles. The molecule has 0 amide bonds. The Kier molecular flexibility index (Phi) is 4.59. The largest absolute Gasteiger partial charge is 0.494 e. The van der Waals surface area contributed by atoms with Crippen LogP contribution in [0.25, 0.3) is 0 Å². The predicted octanol–water partition coefficient (Wildman–Crippen LogP) is 3.46. The minimum Gasteiger partial charge on any atom is -0.494 e. The second-order valence-corrected chi connectivity index (χ2v) is 7.80. The smallest absolute Gasteiger partial charge is 0.275 e. The number of hydrogen-bond acceptors (Lipinski definition) is 5. The fraction of sp³-hybridized carbons (Fsp3) is 0.435. The van der Waals surface area contributed by atoms with Gasteiger partial charge in [-0.15, -0.1) is 0 Å². The number of rotatable bonds is 4. The lowest BCUT2D eigenvalue weighted by molar-refractivity contribution is -0.534. The van der Waals surface area contributed by atoms with Gasteiger partial charge in [0.25, 0.3) is 11.6 Å². The maximum absolute atomic E-state index is 12.0. The average molecular weight is 395 g/mol. The van der Waals surface area contributed by atoms with E-state index in [1.165, 1.54) is 12.3 Å². The topological polar surface area (TPSA) is 54.2 Å². The molecule has 152 valence electrons. The van der Waals surface area contributed by atoms with E-state index in [-0.39, 0.29) is 6.79 Å². The number of amidine groups is 1. The van der Waals surface area contributed by atoms with Crippen molar-refractivity contribution in [2.45, 2.75) is 38.3 Å². The molecule has 0 radical (unpaired) electrons. The molecule has 6 nitrogen and oxygen atoms in total. The number of hydrogen-bond donors (Lipinski definition) is 1. The van der Waals surface area contributed by atoms with E-state index in [2.05, 4.69) is 9.48 Å². The predicted molar refractivity (Wildman–Crippen MR) is 110 cm³/mol. The Labute approximate surface area is 170 Å². The first-order valence-corrected chi connectivity index (χ1v) is 10.5. The van der Waals surface area contributed by atoms with Gasteiger partial charge < -0.3 is 19.3 Å². The summed E-state index contributed by atoms with van der Waals surface area (Å²) in [5.41, 5.74) is 0.634. The number of benzene rings is 2. The van der Waals surface area contributed by atoms with Crippen molar-refractivity contribution in [3.8, 4) is 17.2 Å². The van der Waals surface area contributed by atoms with Gasteiger partial charge >= 0.3 is 0 Å². The van der Waals surface area contributed by atoms with E-state index in [1.54, 1.807) is 0 Å². The molecule has 5 rings (SSSR count). The van der Waals surface area contributed by atoms with Crippen LogP contribution in [0, 0.1) is 0 Å². The second kappa shape index (κ2) is 7.26. The number of ether oxygens (including phenoxy) is 3. The fourth-order valence-electron chi connectivity index (χ4n) is 4.62. The number of nitrogens with zero attached hydrogens (tertiary/aromatic N) is 2. The van der Waals surface area contributed by atoms with Gasteiger partial charge in [-0.05, 0) is 62.6 Å². The molecule has 3 aliphatic heterocycles. The highest BCUT2D eigenvalue weighted by Gasteiger charge is 2.54. The van der Waals surface area contributed by atoms with Gasteiger partial charge in [-0.2, -0.15) is 4.90 Å². The number of anilines is 1. The van der Waals surface area contributed by atoms with Gasteiger partial charge in [0.1, 0.15) is 11.4 Å². The van der Waals surface area contributed by atoms with E-state index in [1.807, 2.05) is 49.4 Å². The molecule has 3 heterocycles. The van der Waals surface area contributed by atoms with Crippen LogP contribution < -0.4 is 19.1 Å². The molecule has 3 aliphatic rings. The zero-order valence-corrected chi connectivity index (χ0v) is 16.8. The van der Waals surface area contributed by atoms with Crippen molar-refractivity contribution >= 4 is 11.5 Å². The number of aliphatic hydroxyl groups is 1. The maximum Gasteiger partial charge on any atom is 0.275 e. The van der Waals surface area contributed by atoms with Crippen LogP contribution in [0.4, 0.5) is 5.69 Å². The van der Waals surface area contributed by atoms with Gasteiger partial charge in [-0.1, -0.05) is 0 Å². The van der Waals surface area contributed by atoms with Crippen molar-refractivity contribution in [2.75, 3.05) is 31.4 Å². The Bertz CT molecular complexity index is 940. The summed E-state index contributed by atoms with van der Waals surface area (Å²) in [6.07, 6.45) is 4.45. The Morgan fingerprint density at radius 2 is 1.90 bits per heavy atom. The van der Waals surface area contributed by atoms with Gasteiger partial charge in [0.2, 0.25) is 6.79 Å². The van der Waals surface area contributed by atoms with Gasteiger partial charge in [0.15, 0.2) is 18.0 Å². The molecule has 1 unspecified atom stereocenters. The van der Waals surface area contributed by atoms with E-state index >= 15 is 0 Å². The van der Waals surface area contributed by atoms with Crippen LogP contribution in [-0.2, 0) is 5.72 Å². The van der Waals surface area contributed by atoms with E-state index in [4.69, 9.17) is 14.2 Å². The highest BCUT2D eigenvalue weighted by Crippen LogP contribution is 2.42. The Balaban J connectivity index is 1.58. The molecular formula is C23H27N2O4+. The van der Waals surface area contributed by atoms with E-state index in [0.717, 1.165) is 54.3 Å². The Hall–Kier alpha value is -2.73. The van der Waals surface area contributed by atoms with Crippen molar-refractivity contribution in [3.05, 3.63) is 48.0 Å². The molecule has 0 fully saturated rings. The maximum atomic E-state index is 12.0. The standard InChI is InChI=1S/C23H27N2O4/c1-2-27-19-10-7-17(8-11-19)23(26)15-24-13-5-3-4-6-22(24)25(23)18-9-12-20-21(14-18)29-16-28-20/h7-12,14,26H,2-6,13,15-16H2,1H3/q+1. The third kappa shape index (κ3) is 3.12. The summed E-state index contributed by atoms with van der Waals surface area (Å²) < 4.78 is 19.0. The van der Waals surface area contributed by atoms with Crippen molar-refractivity contribution in [1.29, 1.82) is 0 Å². The van der Waals surface area contributed by atoms with Crippen LogP contribution >= 0.6 is 0 Å². The quantitative estimate of drug-likeness (QED) is 0.804. The molecule has 2 aromatic rings. The SMILES string of the molecule is CCOc1ccc(C2(O)C[N+]3=C(CCCCC3)N2c2ccc3c(c2)OCO3)cc1. The lowest BCUT2D eigenvalue weighted by Gasteiger charge is -2.29. The molecule has 0 saturated heterocycles. The molecular weight excluding hydrogens is 368 g/mol. The zero-order valence-electron chi connectivity index (χ0n) is 16.8. The minimum atomic E-state index is -1.15.